The van der Waals surface area contributed by atoms with Crippen LogP contribution in [0.1, 0.15) is 0 Å². The molecule has 20 nitrogen and oxygen atoms in total. The molecule has 0 aromatic heterocycles. The van der Waals surface area contributed by atoms with Crippen LogP contribution in [-0.2, 0) is 90.8 Å². The van der Waals surface area contributed by atoms with Crippen LogP contribution in [0.25, 0.3) is 0 Å². The van der Waals surface area contributed by atoms with Crippen LogP contribution < -0.4 is 29.6 Å². The normalized spacial score (nSPS) is 10.0. The van der Waals surface area contributed by atoms with E-state index in [9.17, 15) is 0 Å². The summed E-state index contributed by atoms with van der Waals surface area (Å²) in [4.78, 5) is 0. The quantitative estimate of drug-likeness (QED) is 0.135. The van der Waals surface area contributed by atoms with Gasteiger partial charge in [0.2, 0.25) is 0 Å². The Kier molecular flexibility index (Phi) is 49.2. The van der Waals surface area contributed by atoms with Crippen LogP contribution in [0.5, 0.6) is 0 Å². The van der Waals surface area contributed by atoms with Crippen LogP contribution in [-0.4, -0.2) is 105 Å². The van der Waals surface area contributed by atoms with Gasteiger partial charge in [-0.05, 0) is 0 Å². The maximum Gasteiger partial charge on any atom is 4.00 e. The molecule has 0 rings (SSSR count). The van der Waals surface area contributed by atoms with Crippen LogP contribution in [0.2, 0.25) is 0 Å². The Morgan fingerprint density at radius 2 is 0.345 bits per heavy atom. The van der Waals surface area contributed by atoms with Crippen molar-refractivity contribution in [1.82, 2.24) is 0 Å². The Labute approximate surface area is 222 Å². The molecule has 0 bridgehead atoms. The van der Waals surface area contributed by atoms with Crippen LogP contribution in [0.4, 0.5) is 0 Å². The van der Waals surface area contributed by atoms with Gasteiger partial charge >= 0.3 is 85.7 Å². The van der Waals surface area contributed by atoms with Gasteiger partial charge in [0.15, 0.2) is 0 Å². The van der Waals surface area contributed by atoms with Gasteiger partial charge in [-0.1, -0.05) is 0 Å². The SMILES string of the molecule is O=S(=O)([O-])[O-].O=S(=O)([O-])[O-].O=S(=O)([O-])[O-].O=S(=O)([O-])[O-].O=S(=O)([O-])[O-].[Al+3].[Fe+2].[Na+].[Ti+4]. The van der Waals surface area contributed by atoms with Crippen molar-refractivity contribution in [2.24, 2.45) is 0 Å². The van der Waals surface area contributed by atoms with Crippen molar-refractivity contribution in [3.8, 4) is 0 Å². The van der Waals surface area contributed by atoms with Gasteiger partial charge in [0.05, 0.1) is 0 Å². The molecule has 0 atom stereocenters. The molecule has 0 saturated carbocycles. The summed E-state index contributed by atoms with van der Waals surface area (Å²) < 4.78 is 170. The zero-order chi connectivity index (χ0) is 22.5. The molecule has 0 radical (unpaired) electrons. The first-order valence-electron chi connectivity index (χ1n) is 3.33. The van der Waals surface area contributed by atoms with Gasteiger partial charge in [0, 0.05) is 52.0 Å². The smallest absolute Gasteiger partial charge is 0.759 e. The third-order valence-corrected chi connectivity index (χ3v) is 0. The van der Waals surface area contributed by atoms with Gasteiger partial charge in [0.1, 0.15) is 0 Å². The molecule has 0 unspecified atom stereocenters. The molecule has 0 heterocycles. The maximum atomic E-state index is 8.52. The molecule has 0 saturated heterocycles. The largest absolute Gasteiger partial charge is 4.00 e. The van der Waals surface area contributed by atoms with E-state index < -0.39 is 52.0 Å². The molecule has 0 aliphatic carbocycles. The van der Waals surface area contributed by atoms with E-state index in [1.54, 1.807) is 0 Å². The molecular formula is AlFeNaO20S5Ti. The molecule has 0 aliphatic heterocycles. The van der Waals surface area contributed by atoms with E-state index in [2.05, 4.69) is 0 Å². The van der Waals surface area contributed by atoms with E-state index in [4.69, 9.17) is 87.6 Å². The van der Waals surface area contributed by atoms with Crippen LogP contribution in [0.15, 0.2) is 0 Å². The Balaban J connectivity index is -0.0000000238. The first-order valence-corrected chi connectivity index (χ1v) is 10.0. The molecule has 0 fully saturated rings. The van der Waals surface area contributed by atoms with Crippen molar-refractivity contribution >= 4 is 69.4 Å². The van der Waals surface area contributed by atoms with Crippen molar-refractivity contribution in [1.29, 1.82) is 0 Å². The molecule has 0 aromatic rings. The first-order chi connectivity index (χ1) is 10.0. The fraction of sp³-hybridized carbons (Fsp3) is 0. The van der Waals surface area contributed by atoms with Crippen molar-refractivity contribution in [3.05, 3.63) is 0 Å². The third kappa shape index (κ3) is 5320. The summed E-state index contributed by atoms with van der Waals surface area (Å²) in [6.07, 6.45) is 0. The van der Waals surface area contributed by atoms with E-state index in [0.29, 0.717) is 0 Å². The second kappa shape index (κ2) is 24.8. The molecule has 0 aromatic carbocycles. The predicted molar refractivity (Wildman–Crippen MR) is 58.1 cm³/mol. The summed E-state index contributed by atoms with van der Waals surface area (Å²) in [5.41, 5.74) is 0. The van der Waals surface area contributed by atoms with Crippen molar-refractivity contribution in [3.63, 3.8) is 0 Å². The summed E-state index contributed by atoms with van der Waals surface area (Å²) in [6.45, 7) is 0. The molecule has 0 spiro atoms. The molecule has 29 heavy (non-hydrogen) atoms. The van der Waals surface area contributed by atoms with Gasteiger partial charge in [-0.2, -0.15) is 0 Å². The van der Waals surface area contributed by atoms with E-state index in [0.717, 1.165) is 0 Å². The van der Waals surface area contributed by atoms with Crippen LogP contribution in [0, 0.1) is 0 Å². The monoisotopic (exact) mass is 634 g/mol. The first kappa shape index (κ1) is 57.7. The number of hydrogen-bond acceptors (Lipinski definition) is 20. The van der Waals surface area contributed by atoms with Crippen LogP contribution >= 0.6 is 0 Å². The predicted octanol–water partition coefficient (Wildman–Crippen LogP) is -10.1. The molecule has 0 aliphatic rings. The molecule has 0 amide bonds. The van der Waals surface area contributed by atoms with Crippen molar-refractivity contribution in [2.45, 2.75) is 0 Å². The average molecular weight is 634 g/mol. The standard InChI is InChI=1S/Al.Fe.Na.5H2O4S.Ti/c;;;5*1-5(2,3)4;/h;;;5*(H2,1,2,3,4);/q+3;+2;+1;;;;;;+4/p-10. The fourth-order valence-electron chi connectivity index (χ4n) is 0. The van der Waals surface area contributed by atoms with Gasteiger partial charge in [-0.15, -0.1) is 0 Å². The van der Waals surface area contributed by atoms with E-state index in [-0.39, 0.29) is 85.7 Å². The molecular weight excluding hydrogens is 634 g/mol. The zero-order valence-corrected chi connectivity index (χ0v) is 22.5. The van der Waals surface area contributed by atoms with Gasteiger partial charge in [-0.25, -0.2) is 0 Å². The average Bonchev–Trinajstić information content (AvgIpc) is 1.79. The van der Waals surface area contributed by atoms with E-state index >= 15 is 0 Å². The summed E-state index contributed by atoms with van der Waals surface area (Å²) in [5.74, 6) is 0. The molecule has 29 heteroatoms. The van der Waals surface area contributed by atoms with E-state index in [1.807, 2.05) is 0 Å². The Morgan fingerprint density at radius 3 is 0.345 bits per heavy atom. The second-order valence-corrected chi connectivity index (χ2v) is 6.12. The summed E-state index contributed by atoms with van der Waals surface area (Å²) in [5, 5.41) is 0. The minimum Gasteiger partial charge on any atom is -0.759 e. The maximum absolute atomic E-state index is 8.52. The van der Waals surface area contributed by atoms with Gasteiger partial charge in [-0.3, -0.25) is 42.1 Å². The summed E-state index contributed by atoms with van der Waals surface area (Å²) in [6, 6.07) is 0. The van der Waals surface area contributed by atoms with Crippen LogP contribution in [0.3, 0.4) is 0 Å². The topological polar surface area (TPSA) is 401 Å². The van der Waals surface area contributed by atoms with E-state index in [1.165, 1.54) is 0 Å². The van der Waals surface area contributed by atoms with Crippen molar-refractivity contribution in [2.75, 3.05) is 0 Å². The Hall–Kier alpha value is 2.12. The zero-order valence-electron chi connectivity index (χ0n) is 12.6. The van der Waals surface area contributed by atoms with Gasteiger partial charge < -0.3 is 45.5 Å². The summed E-state index contributed by atoms with van der Waals surface area (Å²) >= 11 is 0. The summed E-state index contributed by atoms with van der Waals surface area (Å²) in [7, 11) is -25.8. The van der Waals surface area contributed by atoms with Crippen molar-refractivity contribution < 1.29 is 156 Å². The molecule has 0 N–H and O–H groups in total. The Bertz CT molecular complexity index is 633. The number of hydrogen-bond donors (Lipinski definition) is 0. The second-order valence-electron chi connectivity index (χ2n) is 2.04. The minimum atomic E-state index is -5.17. The Morgan fingerprint density at radius 1 is 0.345 bits per heavy atom. The molecule has 166 valence electrons. The minimum absolute atomic E-state index is 0. The third-order valence-electron chi connectivity index (χ3n) is 0. The van der Waals surface area contributed by atoms with Gasteiger partial charge in [0.25, 0.3) is 0 Å². The number of rotatable bonds is 0. The fourth-order valence-corrected chi connectivity index (χ4v) is 0.